The van der Waals surface area contributed by atoms with Crippen molar-refractivity contribution in [1.29, 1.82) is 0 Å². The summed E-state index contributed by atoms with van der Waals surface area (Å²) in [5.41, 5.74) is 1.01. The Bertz CT molecular complexity index is 697. The van der Waals surface area contributed by atoms with E-state index in [2.05, 4.69) is 0 Å². The minimum absolute atomic E-state index is 0.239. The van der Waals surface area contributed by atoms with Crippen LogP contribution >= 0.6 is 24.0 Å². The van der Waals surface area contributed by atoms with Gasteiger partial charge in [-0.25, -0.2) is 0 Å². The fourth-order valence-electron chi connectivity index (χ4n) is 2.36. The van der Waals surface area contributed by atoms with Crippen LogP contribution in [0.5, 0.6) is 0 Å². The standard InChI is InChI=1S/C18H19NO3S2/c1-3-12(2)15(17(21)22)19-16(20)14(24-18(19)23)11-7-10-13-8-5-4-6-9-13/h4-12,15H,3H2,1-2H3,(H,21,22)/p-1/b10-7+,14-11-/t12-,15+/m0/s1. The van der Waals surface area contributed by atoms with Crippen molar-refractivity contribution in [2.75, 3.05) is 0 Å². The molecule has 0 aromatic heterocycles. The van der Waals surface area contributed by atoms with E-state index < -0.39 is 12.0 Å². The van der Waals surface area contributed by atoms with Crippen molar-refractivity contribution in [1.82, 2.24) is 4.90 Å². The second kappa shape index (κ2) is 8.26. The third kappa shape index (κ3) is 4.13. The fraction of sp³-hybridized carbons (Fsp3) is 0.278. The van der Waals surface area contributed by atoms with Crippen LogP contribution in [0.3, 0.4) is 0 Å². The molecule has 0 N–H and O–H groups in total. The highest BCUT2D eigenvalue weighted by Crippen LogP contribution is 2.34. The molecule has 2 rings (SSSR count). The van der Waals surface area contributed by atoms with Crippen molar-refractivity contribution in [3.63, 3.8) is 0 Å². The third-order valence-corrected chi connectivity index (χ3v) is 5.21. The van der Waals surface area contributed by atoms with E-state index in [1.807, 2.05) is 43.3 Å². The van der Waals surface area contributed by atoms with E-state index in [4.69, 9.17) is 12.2 Å². The molecule has 1 aliphatic rings. The lowest BCUT2D eigenvalue weighted by Gasteiger charge is -2.32. The summed E-state index contributed by atoms with van der Waals surface area (Å²) in [7, 11) is 0. The fourth-order valence-corrected chi connectivity index (χ4v) is 3.64. The number of carboxylic acid groups (broad SMARTS) is 1. The highest BCUT2D eigenvalue weighted by atomic mass is 32.2. The maximum absolute atomic E-state index is 12.5. The van der Waals surface area contributed by atoms with Gasteiger partial charge in [-0.3, -0.25) is 9.69 Å². The minimum Gasteiger partial charge on any atom is -0.548 e. The van der Waals surface area contributed by atoms with E-state index in [9.17, 15) is 14.7 Å². The molecule has 0 unspecified atom stereocenters. The molecule has 1 amide bonds. The number of thioether (sulfide) groups is 1. The first-order valence-corrected chi connectivity index (χ1v) is 8.87. The van der Waals surface area contributed by atoms with Crippen LogP contribution in [0.1, 0.15) is 25.8 Å². The predicted molar refractivity (Wildman–Crippen MR) is 98.8 cm³/mol. The molecule has 0 aliphatic carbocycles. The van der Waals surface area contributed by atoms with Gasteiger partial charge in [0.05, 0.1) is 16.9 Å². The number of carboxylic acids is 1. The molecule has 2 atom stereocenters. The number of thiocarbonyl (C=S) groups is 1. The Balaban J connectivity index is 2.20. The Morgan fingerprint density at radius 2 is 2.04 bits per heavy atom. The summed E-state index contributed by atoms with van der Waals surface area (Å²) in [6.07, 6.45) is 5.91. The normalized spacial score (nSPS) is 19.2. The molecule has 0 bridgehead atoms. The summed E-state index contributed by atoms with van der Waals surface area (Å²) in [4.78, 5) is 25.6. The second-order valence-electron chi connectivity index (χ2n) is 5.49. The first-order chi connectivity index (χ1) is 11.5. The Kier molecular flexibility index (Phi) is 6.34. The van der Waals surface area contributed by atoms with Gasteiger partial charge in [-0.15, -0.1) is 0 Å². The number of allylic oxidation sites excluding steroid dienone is 2. The van der Waals surface area contributed by atoms with Gasteiger partial charge in [0.25, 0.3) is 5.91 Å². The lowest BCUT2D eigenvalue weighted by atomic mass is 9.98. The lowest BCUT2D eigenvalue weighted by molar-refractivity contribution is -0.311. The number of carbonyl (C=O) groups excluding carboxylic acids is 2. The number of benzene rings is 1. The van der Waals surface area contributed by atoms with Gasteiger partial charge in [0.1, 0.15) is 4.32 Å². The van der Waals surface area contributed by atoms with E-state index >= 15 is 0 Å². The zero-order valence-corrected chi connectivity index (χ0v) is 15.1. The number of hydrogen-bond acceptors (Lipinski definition) is 5. The molecule has 24 heavy (non-hydrogen) atoms. The zero-order valence-electron chi connectivity index (χ0n) is 13.5. The molecule has 0 radical (unpaired) electrons. The van der Waals surface area contributed by atoms with Crippen LogP contribution in [-0.4, -0.2) is 27.1 Å². The molecule has 4 nitrogen and oxygen atoms in total. The Morgan fingerprint density at radius 1 is 1.38 bits per heavy atom. The SMILES string of the molecule is CC[C@H](C)[C@H](C(=O)[O-])N1C(=O)/C(=C/C=C/c2ccccc2)SC1=S. The van der Waals surface area contributed by atoms with Crippen LogP contribution in [0.4, 0.5) is 0 Å². The molecule has 1 heterocycles. The zero-order chi connectivity index (χ0) is 17.7. The Morgan fingerprint density at radius 3 is 2.62 bits per heavy atom. The monoisotopic (exact) mass is 360 g/mol. The molecular formula is C18H18NO3S2-. The first kappa shape index (κ1) is 18.4. The van der Waals surface area contributed by atoms with Crippen LogP contribution in [-0.2, 0) is 9.59 Å². The molecule has 1 aromatic rings. The summed E-state index contributed by atoms with van der Waals surface area (Å²) in [5.74, 6) is -1.89. The first-order valence-electron chi connectivity index (χ1n) is 7.65. The molecule has 0 spiro atoms. The van der Waals surface area contributed by atoms with Crippen molar-refractivity contribution in [3.8, 4) is 0 Å². The maximum Gasteiger partial charge on any atom is 0.266 e. The lowest BCUT2D eigenvalue weighted by Crippen LogP contribution is -2.53. The number of amides is 1. The largest absolute Gasteiger partial charge is 0.548 e. The Hall–Kier alpha value is -1.92. The van der Waals surface area contributed by atoms with Crippen molar-refractivity contribution in [2.24, 2.45) is 5.92 Å². The number of aliphatic carboxylic acids is 1. The quantitative estimate of drug-likeness (QED) is 0.576. The number of carbonyl (C=O) groups is 2. The highest BCUT2D eigenvalue weighted by Gasteiger charge is 2.39. The van der Waals surface area contributed by atoms with Gasteiger partial charge in [-0.05, 0) is 17.6 Å². The summed E-state index contributed by atoms with van der Waals surface area (Å²) < 4.78 is 0.258. The van der Waals surface area contributed by atoms with Crippen LogP contribution in [0.2, 0.25) is 0 Å². The molecular weight excluding hydrogens is 342 g/mol. The van der Waals surface area contributed by atoms with Crippen LogP contribution in [0.15, 0.2) is 47.4 Å². The average molecular weight is 360 g/mol. The van der Waals surface area contributed by atoms with E-state index in [1.54, 1.807) is 19.1 Å². The summed E-state index contributed by atoms with van der Waals surface area (Å²) in [6, 6.07) is 8.64. The third-order valence-electron chi connectivity index (χ3n) is 3.86. The van der Waals surface area contributed by atoms with Crippen LogP contribution in [0, 0.1) is 5.92 Å². The molecule has 1 saturated heterocycles. The number of hydrogen-bond donors (Lipinski definition) is 0. The van der Waals surface area contributed by atoms with Gasteiger partial charge in [0, 0.05) is 0 Å². The van der Waals surface area contributed by atoms with E-state index in [0.29, 0.717) is 11.3 Å². The van der Waals surface area contributed by atoms with Gasteiger partial charge in [0.15, 0.2) is 0 Å². The molecule has 1 aliphatic heterocycles. The number of nitrogens with zero attached hydrogens (tertiary/aromatic N) is 1. The summed E-state index contributed by atoms with van der Waals surface area (Å²) in [5, 5.41) is 11.5. The van der Waals surface area contributed by atoms with Crippen molar-refractivity contribution >= 4 is 46.3 Å². The van der Waals surface area contributed by atoms with Gasteiger partial charge in [-0.2, -0.15) is 0 Å². The maximum atomic E-state index is 12.5. The van der Waals surface area contributed by atoms with Gasteiger partial charge < -0.3 is 9.90 Å². The van der Waals surface area contributed by atoms with E-state index in [1.165, 1.54) is 4.90 Å². The van der Waals surface area contributed by atoms with Gasteiger partial charge in [0.2, 0.25) is 0 Å². The van der Waals surface area contributed by atoms with Gasteiger partial charge >= 0.3 is 0 Å². The van der Waals surface area contributed by atoms with Crippen molar-refractivity contribution < 1.29 is 14.7 Å². The highest BCUT2D eigenvalue weighted by molar-refractivity contribution is 8.26. The predicted octanol–water partition coefficient (Wildman–Crippen LogP) is 2.61. The molecule has 1 fully saturated rings. The average Bonchev–Trinajstić information content (AvgIpc) is 2.83. The second-order valence-corrected chi connectivity index (χ2v) is 7.17. The molecule has 6 heteroatoms. The molecule has 0 saturated carbocycles. The number of rotatable bonds is 6. The van der Waals surface area contributed by atoms with Crippen molar-refractivity contribution in [2.45, 2.75) is 26.3 Å². The molecule has 126 valence electrons. The molecule has 1 aromatic carbocycles. The van der Waals surface area contributed by atoms with E-state index in [-0.39, 0.29) is 16.1 Å². The summed E-state index contributed by atoms with van der Waals surface area (Å²) in [6.45, 7) is 3.65. The minimum atomic E-state index is -1.28. The Labute approximate surface area is 151 Å². The topological polar surface area (TPSA) is 60.4 Å². The van der Waals surface area contributed by atoms with Crippen molar-refractivity contribution in [3.05, 3.63) is 53.0 Å². The van der Waals surface area contributed by atoms with Gasteiger partial charge in [-0.1, -0.05) is 86.7 Å². The van der Waals surface area contributed by atoms with Crippen LogP contribution in [0.25, 0.3) is 6.08 Å². The summed E-state index contributed by atoms with van der Waals surface area (Å²) >= 11 is 6.33. The van der Waals surface area contributed by atoms with Crippen LogP contribution < -0.4 is 5.11 Å². The smallest absolute Gasteiger partial charge is 0.266 e. The van der Waals surface area contributed by atoms with E-state index in [0.717, 1.165) is 17.3 Å².